The molecule has 0 aromatic heterocycles. The first-order valence-corrected chi connectivity index (χ1v) is 7.25. The first-order chi connectivity index (χ1) is 12.3. The molecule has 0 bridgehead atoms. The van der Waals surface area contributed by atoms with Crippen molar-refractivity contribution in [2.75, 3.05) is 0 Å². The van der Waals surface area contributed by atoms with Gasteiger partial charge in [-0.05, 0) is 24.3 Å². The molecular formula is C19H14O7. The van der Waals surface area contributed by atoms with E-state index in [1.807, 2.05) is 0 Å². The second kappa shape index (κ2) is 7.80. The smallest absolute Gasteiger partial charge is 0.335 e. The molecule has 0 saturated carbocycles. The summed E-state index contributed by atoms with van der Waals surface area (Å²) in [6.45, 7) is 6.50. The van der Waals surface area contributed by atoms with Crippen LogP contribution >= 0.6 is 0 Å². The van der Waals surface area contributed by atoms with Gasteiger partial charge in [-0.3, -0.25) is 4.79 Å². The molecule has 0 aliphatic heterocycles. The van der Waals surface area contributed by atoms with Crippen LogP contribution in [0.1, 0.15) is 15.9 Å². The zero-order valence-corrected chi connectivity index (χ0v) is 13.5. The fraction of sp³-hybridized carbons (Fsp3) is 0. The zero-order valence-electron chi connectivity index (χ0n) is 13.5. The normalized spacial score (nSPS) is 9.85. The number of carbonyl (C=O) groups excluding carboxylic acids is 3. The topological polar surface area (TPSA) is 110 Å². The highest BCUT2D eigenvalue weighted by molar-refractivity contribution is 6.12. The molecule has 2 aromatic rings. The molecule has 0 aliphatic rings. The van der Waals surface area contributed by atoms with Gasteiger partial charge in [-0.15, -0.1) is 0 Å². The van der Waals surface area contributed by atoms with Gasteiger partial charge in [0.2, 0.25) is 0 Å². The molecule has 0 fully saturated rings. The van der Waals surface area contributed by atoms with E-state index in [9.17, 15) is 24.6 Å². The van der Waals surface area contributed by atoms with E-state index < -0.39 is 29.2 Å². The Bertz CT molecular complexity index is 839. The summed E-state index contributed by atoms with van der Waals surface area (Å²) in [6, 6.07) is 7.29. The third kappa shape index (κ3) is 4.15. The van der Waals surface area contributed by atoms with Crippen molar-refractivity contribution in [3.63, 3.8) is 0 Å². The number of aromatic hydroxyl groups is 2. The molecule has 7 heteroatoms. The number of carbonyl (C=O) groups is 3. The van der Waals surface area contributed by atoms with Crippen LogP contribution in [0, 0.1) is 0 Å². The van der Waals surface area contributed by atoms with E-state index in [1.54, 1.807) is 0 Å². The van der Waals surface area contributed by atoms with Crippen molar-refractivity contribution in [1.82, 2.24) is 0 Å². The van der Waals surface area contributed by atoms with Gasteiger partial charge in [0.05, 0.1) is 11.1 Å². The first-order valence-electron chi connectivity index (χ1n) is 7.25. The molecule has 0 saturated heterocycles. The number of ketones is 1. The standard InChI is InChI=1S/C19H14O7/c1-3-17(22)25-11-5-7-13(15(20)9-11)19(24)14-8-6-12(10-16(14)21)26-18(23)4-2/h3-10,20-21H,1-2H2. The van der Waals surface area contributed by atoms with Crippen LogP contribution in [-0.2, 0) is 9.59 Å². The van der Waals surface area contributed by atoms with E-state index in [2.05, 4.69) is 13.2 Å². The number of phenolic OH excluding ortho intramolecular Hbond substituents is 2. The summed E-state index contributed by atoms with van der Waals surface area (Å²) in [6.07, 6.45) is 1.91. The number of esters is 2. The van der Waals surface area contributed by atoms with Gasteiger partial charge in [0.25, 0.3) is 0 Å². The van der Waals surface area contributed by atoms with Crippen LogP contribution in [0.3, 0.4) is 0 Å². The van der Waals surface area contributed by atoms with Gasteiger partial charge >= 0.3 is 11.9 Å². The summed E-state index contributed by atoms with van der Waals surface area (Å²) >= 11 is 0. The Morgan fingerprint density at radius 1 is 0.769 bits per heavy atom. The Kier molecular flexibility index (Phi) is 5.54. The molecule has 2 aromatic carbocycles. The molecule has 0 amide bonds. The fourth-order valence-corrected chi connectivity index (χ4v) is 1.99. The van der Waals surface area contributed by atoms with E-state index in [1.165, 1.54) is 24.3 Å². The van der Waals surface area contributed by atoms with E-state index in [4.69, 9.17) is 9.47 Å². The van der Waals surface area contributed by atoms with Crippen molar-refractivity contribution >= 4 is 17.7 Å². The number of rotatable bonds is 6. The number of hydrogen-bond acceptors (Lipinski definition) is 7. The van der Waals surface area contributed by atoms with E-state index >= 15 is 0 Å². The second-order valence-corrected chi connectivity index (χ2v) is 4.94. The molecule has 0 spiro atoms. The molecule has 2 N–H and O–H groups in total. The van der Waals surface area contributed by atoms with E-state index in [0.29, 0.717) is 0 Å². The molecule has 0 radical (unpaired) electrons. The van der Waals surface area contributed by atoms with Gasteiger partial charge in [-0.2, -0.15) is 0 Å². The van der Waals surface area contributed by atoms with Crippen LogP contribution in [0.5, 0.6) is 23.0 Å². The van der Waals surface area contributed by atoms with Gasteiger partial charge in [0.15, 0.2) is 5.78 Å². The Morgan fingerprint density at radius 3 is 1.46 bits per heavy atom. The maximum Gasteiger partial charge on any atom is 0.335 e. The van der Waals surface area contributed by atoms with Crippen LogP contribution in [0.15, 0.2) is 61.7 Å². The monoisotopic (exact) mass is 354 g/mol. The molecule has 0 heterocycles. The lowest BCUT2D eigenvalue weighted by Crippen LogP contribution is -2.06. The van der Waals surface area contributed by atoms with Crippen LogP contribution < -0.4 is 9.47 Å². The lowest BCUT2D eigenvalue weighted by atomic mass is 10.0. The van der Waals surface area contributed by atoms with Crippen LogP contribution in [0.4, 0.5) is 0 Å². The van der Waals surface area contributed by atoms with Crippen molar-refractivity contribution in [2.24, 2.45) is 0 Å². The summed E-state index contributed by atoms with van der Waals surface area (Å²) in [7, 11) is 0. The van der Waals surface area contributed by atoms with Gasteiger partial charge in [0.1, 0.15) is 23.0 Å². The molecule has 0 atom stereocenters. The van der Waals surface area contributed by atoms with E-state index in [0.717, 1.165) is 24.3 Å². The molecule has 0 unspecified atom stereocenters. The maximum absolute atomic E-state index is 12.5. The molecule has 0 aliphatic carbocycles. The number of ether oxygens (including phenoxy) is 2. The second-order valence-electron chi connectivity index (χ2n) is 4.94. The lowest BCUT2D eigenvalue weighted by Gasteiger charge is -2.09. The highest BCUT2D eigenvalue weighted by Crippen LogP contribution is 2.30. The van der Waals surface area contributed by atoms with Crippen LogP contribution in [0.2, 0.25) is 0 Å². The van der Waals surface area contributed by atoms with Gasteiger partial charge in [0, 0.05) is 24.3 Å². The van der Waals surface area contributed by atoms with Gasteiger partial charge in [-0.1, -0.05) is 13.2 Å². The molecule has 2 rings (SSSR count). The number of phenols is 2. The average Bonchev–Trinajstić information content (AvgIpc) is 2.61. The Hall–Kier alpha value is -3.87. The van der Waals surface area contributed by atoms with Gasteiger partial charge < -0.3 is 19.7 Å². The fourth-order valence-electron chi connectivity index (χ4n) is 1.99. The highest BCUT2D eigenvalue weighted by Gasteiger charge is 2.19. The SMILES string of the molecule is C=CC(=O)Oc1ccc(C(=O)c2ccc(OC(=O)C=C)cc2O)c(O)c1. The minimum atomic E-state index is -0.717. The van der Waals surface area contributed by atoms with Crippen molar-refractivity contribution in [3.05, 3.63) is 72.8 Å². The Labute approximate surface area is 148 Å². The van der Waals surface area contributed by atoms with Crippen molar-refractivity contribution < 1.29 is 34.1 Å². The third-order valence-corrected chi connectivity index (χ3v) is 3.20. The van der Waals surface area contributed by atoms with Crippen molar-refractivity contribution in [1.29, 1.82) is 0 Å². The largest absolute Gasteiger partial charge is 0.507 e. The first kappa shape index (κ1) is 18.5. The highest BCUT2D eigenvalue weighted by atomic mass is 16.5. The molecular weight excluding hydrogens is 340 g/mol. The predicted molar refractivity (Wildman–Crippen MR) is 91.3 cm³/mol. The van der Waals surface area contributed by atoms with Crippen LogP contribution in [0.25, 0.3) is 0 Å². The van der Waals surface area contributed by atoms with Crippen molar-refractivity contribution in [3.8, 4) is 23.0 Å². The molecule has 7 nitrogen and oxygen atoms in total. The third-order valence-electron chi connectivity index (χ3n) is 3.20. The Balaban J connectivity index is 2.28. The summed E-state index contributed by atoms with van der Waals surface area (Å²) < 4.78 is 9.68. The van der Waals surface area contributed by atoms with Gasteiger partial charge in [-0.25, -0.2) is 9.59 Å². The quantitative estimate of drug-likeness (QED) is 0.355. The van der Waals surface area contributed by atoms with E-state index in [-0.39, 0.29) is 22.6 Å². The maximum atomic E-state index is 12.5. The summed E-state index contributed by atoms with van der Waals surface area (Å²) in [4.78, 5) is 34.8. The summed E-state index contributed by atoms with van der Waals surface area (Å²) in [5.41, 5.74) is -0.232. The Morgan fingerprint density at radius 2 is 1.15 bits per heavy atom. The minimum absolute atomic E-state index is 0.0276. The average molecular weight is 354 g/mol. The summed E-state index contributed by atoms with van der Waals surface area (Å²) in [5.74, 6) is -2.93. The summed E-state index contributed by atoms with van der Waals surface area (Å²) in [5, 5.41) is 20.0. The molecule has 26 heavy (non-hydrogen) atoms. The minimum Gasteiger partial charge on any atom is -0.507 e. The zero-order chi connectivity index (χ0) is 19.3. The van der Waals surface area contributed by atoms with Crippen LogP contribution in [-0.4, -0.2) is 27.9 Å². The lowest BCUT2D eigenvalue weighted by molar-refractivity contribution is -0.129. The predicted octanol–water partition coefficient (Wildman–Crippen LogP) is 2.51. The molecule has 132 valence electrons. The number of benzene rings is 2. The number of hydrogen-bond donors (Lipinski definition) is 2. The van der Waals surface area contributed by atoms with Crippen molar-refractivity contribution in [2.45, 2.75) is 0 Å².